The van der Waals surface area contributed by atoms with Gasteiger partial charge in [-0.3, -0.25) is 4.90 Å². The lowest BCUT2D eigenvalue weighted by Gasteiger charge is -2.21. The summed E-state index contributed by atoms with van der Waals surface area (Å²) in [6.07, 6.45) is 3.57. The summed E-state index contributed by atoms with van der Waals surface area (Å²) in [6.45, 7) is 1.15. The summed E-state index contributed by atoms with van der Waals surface area (Å²) in [6, 6.07) is 7.48. The standard InChI is InChI=1S/C13H14FN/c1-15-8-10-6-12(15)7-13(10)9-2-4-11(14)5-3-9/h2-5,7,10,12H,6,8H2,1H3/t10-,12-/m1/s1. The lowest BCUT2D eigenvalue weighted by Crippen LogP contribution is -2.25. The van der Waals surface area contributed by atoms with Crippen LogP contribution in [0.2, 0.25) is 0 Å². The van der Waals surface area contributed by atoms with E-state index in [1.165, 1.54) is 17.6 Å². The fraction of sp³-hybridized carbons (Fsp3) is 0.385. The first-order valence-corrected chi connectivity index (χ1v) is 5.42. The average Bonchev–Trinajstić information content (AvgIpc) is 2.77. The van der Waals surface area contributed by atoms with Crippen LogP contribution in [0.15, 0.2) is 30.3 Å². The Kier molecular flexibility index (Phi) is 1.93. The van der Waals surface area contributed by atoms with Crippen LogP contribution < -0.4 is 0 Å². The van der Waals surface area contributed by atoms with E-state index in [9.17, 15) is 4.39 Å². The number of benzene rings is 1. The molecule has 1 heterocycles. The van der Waals surface area contributed by atoms with Crippen molar-refractivity contribution >= 4 is 5.57 Å². The molecule has 2 atom stereocenters. The molecule has 15 heavy (non-hydrogen) atoms. The molecular weight excluding hydrogens is 189 g/mol. The maximum absolute atomic E-state index is 12.8. The van der Waals surface area contributed by atoms with Crippen molar-refractivity contribution < 1.29 is 4.39 Å². The van der Waals surface area contributed by atoms with Crippen LogP contribution >= 0.6 is 0 Å². The van der Waals surface area contributed by atoms with Gasteiger partial charge in [0.15, 0.2) is 0 Å². The van der Waals surface area contributed by atoms with Crippen molar-refractivity contribution in [3.63, 3.8) is 0 Å². The van der Waals surface area contributed by atoms with Crippen molar-refractivity contribution in [2.45, 2.75) is 12.5 Å². The van der Waals surface area contributed by atoms with Crippen LogP contribution in [0.25, 0.3) is 5.57 Å². The summed E-state index contributed by atoms with van der Waals surface area (Å²) in [5, 5.41) is 0. The first kappa shape index (κ1) is 9.10. The van der Waals surface area contributed by atoms with Crippen LogP contribution in [0, 0.1) is 11.7 Å². The number of rotatable bonds is 1. The first-order valence-electron chi connectivity index (χ1n) is 5.42. The van der Waals surface area contributed by atoms with Crippen molar-refractivity contribution in [1.29, 1.82) is 0 Å². The number of halogens is 1. The monoisotopic (exact) mass is 203 g/mol. The van der Waals surface area contributed by atoms with E-state index >= 15 is 0 Å². The minimum absolute atomic E-state index is 0.153. The summed E-state index contributed by atoms with van der Waals surface area (Å²) in [5.41, 5.74) is 2.61. The lowest BCUT2D eigenvalue weighted by atomic mass is 9.95. The summed E-state index contributed by atoms with van der Waals surface area (Å²) >= 11 is 0. The summed E-state index contributed by atoms with van der Waals surface area (Å²) in [7, 11) is 2.17. The van der Waals surface area contributed by atoms with Gasteiger partial charge in [0.1, 0.15) is 5.82 Å². The Labute approximate surface area is 89.2 Å². The Balaban J connectivity index is 1.94. The summed E-state index contributed by atoms with van der Waals surface area (Å²) < 4.78 is 12.8. The second kappa shape index (κ2) is 3.17. The molecule has 1 aromatic rings. The highest BCUT2D eigenvalue weighted by molar-refractivity contribution is 5.71. The van der Waals surface area contributed by atoms with E-state index in [1.54, 1.807) is 12.1 Å². The Morgan fingerprint density at radius 3 is 2.53 bits per heavy atom. The van der Waals surface area contributed by atoms with Crippen LogP contribution in [0.1, 0.15) is 12.0 Å². The van der Waals surface area contributed by atoms with E-state index in [1.807, 2.05) is 12.1 Å². The van der Waals surface area contributed by atoms with Gasteiger partial charge in [-0.25, -0.2) is 4.39 Å². The van der Waals surface area contributed by atoms with Gasteiger partial charge in [-0.15, -0.1) is 0 Å². The zero-order valence-corrected chi connectivity index (χ0v) is 8.78. The van der Waals surface area contributed by atoms with E-state index in [-0.39, 0.29) is 5.82 Å². The lowest BCUT2D eigenvalue weighted by molar-refractivity contribution is 0.347. The largest absolute Gasteiger partial charge is 0.299 e. The quantitative estimate of drug-likeness (QED) is 0.678. The summed E-state index contributed by atoms with van der Waals surface area (Å²) in [4.78, 5) is 2.39. The van der Waals surface area contributed by atoms with Gasteiger partial charge in [-0.1, -0.05) is 18.2 Å². The van der Waals surface area contributed by atoms with Crippen molar-refractivity contribution in [3.8, 4) is 0 Å². The Bertz CT molecular complexity index is 407. The molecule has 0 spiro atoms. The Hall–Kier alpha value is -1.15. The van der Waals surface area contributed by atoms with Gasteiger partial charge in [0.25, 0.3) is 0 Å². The predicted octanol–water partition coefficient (Wildman–Crippen LogP) is 2.54. The van der Waals surface area contributed by atoms with Crippen LogP contribution in [-0.4, -0.2) is 24.5 Å². The molecule has 1 aliphatic carbocycles. The number of likely N-dealkylation sites (N-methyl/N-ethyl adjacent to an activating group) is 1. The maximum Gasteiger partial charge on any atom is 0.123 e. The van der Waals surface area contributed by atoms with E-state index in [2.05, 4.69) is 18.0 Å². The Morgan fingerprint density at radius 2 is 2.00 bits per heavy atom. The van der Waals surface area contributed by atoms with Crippen LogP contribution in [0.4, 0.5) is 4.39 Å². The van der Waals surface area contributed by atoms with E-state index in [0.29, 0.717) is 12.0 Å². The molecule has 2 aliphatic rings. The van der Waals surface area contributed by atoms with Crippen molar-refractivity contribution in [2.24, 2.45) is 5.92 Å². The molecule has 1 aromatic carbocycles. The fourth-order valence-corrected chi connectivity index (χ4v) is 2.77. The molecule has 0 radical (unpaired) electrons. The van der Waals surface area contributed by atoms with Crippen molar-refractivity contribution in [3.05, 3.63) is 41.7 Å². The highest BCUT2D eigenvalue weighted by Crippen LogP contribution is 2.41. The van der Waals surface area contributed by atoms with Gasteiger partial charge in [0, 0.05) is 12.6 Å². The van der Waals surface area contributed by atoms with Crippen LogP contribution in [0.3, 0.4) is 0 Å². The zero-order valence-electron chi connectivity index (χ0n) is 8.78. The second-order valence-corrected chi connectivity index (χ2v) is 4.57. The molecule has 0 saturated carbocycles. The molecule has 1 aliphatic heterocycles. The van der Waals surface area contributed by atoms with Gasteiger partial charge in [-0.2, -0.15) is 0 Å². The van der Waals surface area contributed by atoms with Gasteiger partial charge in [-0.05, 0) is 42.7 Å². The van der Waals surface area contributed by atoms with Crippen molar-refractivity contribution in [2.75, 3.05) is 13.6 Å². The predicted molar refractivity (Wildman–Crippen MR) is 58.9 cm³/mol. The molecule has 3 rings (SSSR count). The second-order valence-electron chi connectivity index (χ2n) is 4.57. The molecule has 1 nitrogen and oxygen atoms in total. The zero-order chi connectivity index (χ0) is 10.4. The summed E-state index contributed by atoms with van der Waals surface area (Å²) in [5.74, 6) is 0.505. The van der Waals surface area contributed by atoms with Gasteiger partial charge in [0.05, 0.1) is 0 Å². The van der Waals surface area contributed by atoms with Gasteiger partial charge >= 0.3 is 0 Å². The highest BCUT2D eigenvalue weighted by atomic mass is 19.1. The first-order chi connectivity index (χ1) is 7.24. The molecule has 78 valence electrons. The molecule has 2 heteroatoms. The number of likely N-dealkylation sites (tertiary alicyclic amines) is 1. The third-order valence-electron chi connectivity index (χ3n) is 3.59. The molecule has 0 N–H and O–H groups in total. The minimum atomic E-state index is -0.153. The van der Waals surface area contributed by atoms with Gasteiger partial charge < -0.3 is 0 Å². The van der Waals surface area contributed by atoms with E-state index < -0.39 is 0 Å². The normalized spacial score (nSPS) is 29.6. The molecule has 0 amide bonds. The van der Waals surface area contributed by atoms with Gasteiger partial charge in [0.2, 0.25) is 0 Å². The number of fused-ring (bicyclic) bond motifs is 2. The van der Waals surface area contributed by atoms with Crippen LogP contribution in [0.5, 0.6) is 0 Å². The maximum atomic E-state index is 12.8. The highest BCUT2D eigenvalue weighted by Gasteiger charge is 2.36. The molecule has 0 aromatic heterocycles. The van der Waals surface area contributed by atoms with E-state index in [4.69, 9.17) is 0 Å². The van der Waals surface area contributed by atoms with Crippen LogP contribution in [-0.2, 0) is 0 Å². The molecule has 1 fully saturated rings. The molecular formula is C13H14FN. The third kappa shape index (κ3) is 1.40. The topological polar surface area (TPSA) is 3.24 Å². The molecule has 2 bridgehead atoms. The Morgan fingerprint density at radius 1 is 1.27 bits per heavy atom. The smallest absolute Gasteiger partial charge is 0.123 e. The average molecular weight is 203 g/mol. The SMILES string of the molecule is CN1C[C@H]2C[C@@H]1C=C2c1ccc(F)cc1. The third-order valence-corrected chi connectivity index (χ3v) is 3.59. The molecule has 1 saturated heterocycles. The molecule has 0 unspecified atom stereocenters. The fourth-order valence-electron chi connectivity index (χ4n) is 2.77. The minimum Gasteiger partial charge on any atom is -0.299 e. The number of hydrogen-bond donors (Lipinski definition) is 0. The van der Waals surface area contributed by atoms with Crippen molar-refractivity contribution in [1.82, 2.24) is 4.90 Å². The number of hydrogen-bond acceptors (Lipinski definition) is 1. The van der Waals surface area contributed by atoms with E-state index in [0.717, 1.165) is 6.54 Å². The number of nitrogens with zero attached hydrogens (tertiary/aromatic N) is 1.